The summed E-state index contributed by atoms with van der Waals surface area (Å²) in [5.41, 5.74) is 1.14. The van der Waals surface area contributed by atoms with Crippen molar-refractivity contribution in [1.82, 2.24) is 10.3 Å². The van der Waals surface area contributed by atoms with Crippen molar-refractivity contribution in [2.75, 3.05) is 0 Å². The Morgan fingerprint density at radius 1 is 1.35 bits per heavy atom. The summed E-state index contributed by atoms with van der Waals surface area (Å²) in [6, 6.07) is 6.32. The number of hydrogen-bond donors (Lipinski definition) is 2. The topological polar surface area (TPSA) is 79.3 Å². The van der Waals surface area contributed by atoms with Crippen LogP contribution in [-0.2, 0) is 6.42 Å². The molecular weight excluding hydrogens is 276 g/mol. The Labute approximate surface area is 120 Å². The zero-order valence-corrected chi connectivity index (χ0v) is 11.7. The zero-order chi connectivity index (χ0) is 14.5. The molecule has 0 fully saturated rings. The van der Waals surface area contributed by atoms with Crippen molar-refractivity contribution < 1.29 is 14.7 Å². The minimum Gasteiger partial charge on any atom is -0.477 e. The van der Waals surface area contributed by atoms with Gasteiger partial charge in [0, 0.05) is 6.04 Å². The Balaban J connectivity index is 2.00. The average Bonchev–Trinajstić information content (AvgIpc) is 2.91. The van der Waals surface area contributed by atoms with E-state index < -0.39 is 5.97 Å². The van der Waals surface area contributed by atoms with Gasteiger partial charge in [0.2, 0.25) is 0 Å². The number of hydrogen-bond acceptors (Lipinski definition) is 4. The van der Waals surface area contributed by atoms with Crippen molar-refractivity contribution in [3.05, 3.63) is 52.0 Å². The van der Waals surface area contributed by atoms with E-state index in [1.54, 1.807) is 11.3 Å². The summed E-state index contributed by atoms with van der Waals surface area (Å²) in [5, 5.41) is 15.7. The van der Waals surface area contributed by atoms with Crippen LogP contribution in [0.2, 0.25) is 0 Å². The van der Waals surface area contributed by atoms with Gasteiger partial charge in [-0.3, -0.25) is 4.79 Å². The number of thiophene rings is 1. The van der Waals surface area contributed by atoms with Gasteiger partial charge in [-0.05, 0) is 47.9 Å². The minimum absolute atomic E-state index is 0.0487. The molecule has 0 radical (unpaired) electrons. The van der Waals surface area contributed by atoms with Gasteiger partial charge in [-0.1, -0.05) is 6.07 Å². The van der Waals surface area contributed by atoms with E-state index in [-0.39, 0.29) is 23.3 Å². The smallest absolute Gasteiger partial charge is 0.354 e. The highest BCUT2D eigenvalue weighted by molar-refractivity contribution is 7.07. The zero-order valence-electron chi connectivity index (χ0n) is 10.9. The first kappa shape index (κ1) is 14.2. The second-order valence-electron chi connectivity index (χ2n) is 4.42. The fourth-order valence-electron chi connectivity index (χ4n) is 1.79. The van der Waals surface area contributed by atoms with Crippen LogP contribution in [-0.4, -0.2) is 28.0 Å². The second-order valence-corrected chi connectivity index (χ2v) is 5.20. The Morgan fingerprint density at radius 2 is 2.10 bits per heavy atom. The number of amides is 1. The predicted octanol–water partition coefficient (Wildman–Crippen LogP) is 2.20. The maximum absolute atomic E-state index is 12.0. The number of rotatable bonds is 5. The SMILES string of the molecule is CC(Cc1ccsc1)NC(=O)c1cccc(C(=O)O)n1. The molecule has 0 saturated heterocycles. The highest BCUT2D eigenvalue weighted by Crippen LogP contribution is 2.09. The highest BCUT2D eigenvalue weighted by atomic mass is 32.1. The van der Waals surface area contributed by atoms with Gasteiger partial charge < -0.3 is 10.4 Å². The fraction of sp³-hybridized carbons (Fsp3) is 0.214. The quantitative estimate of drug-likeness (QED) is 0.884. The summed E-state index contributed by atoms with van der Waals surface area (Å²) < 4.78 is 0. The van der Waals surface area contributed by atoms with Gasteiger partial charge in [0.05, 0.1) is 0 Å². The molecule has 104 valence electrons. The first-order valence-corrected chi connectivity index (χ1v) is 7.03. The van der Waals surface area contributed by atoms with Gasteiger partial charge >= 0.3 is 5.97 Å². The Morgan fingerprint density at radius 3 is 2.75 bits per heavy atom. The number of nitrogens with zero attached hydrogens (tertiary/aromatic N) is 1. The highest BCUT2D eigenvalue weighted by Gasteiger charge is 2.14. The van der Waals surface area contributed by atoms with E-state index in [9.17, 15) is 9.59 Å². The van der Waals surface area contributed by atoms with Crippen LogP contribution in [0.5, 0.6) is 0 Å². The number of carboxylic acids is 1. The van der Waals surface area contributed by atoms with Crippen LogP contribution in [0.1, 0.15) is 33.5 Å². The summed E-state index contributed by atoms with van der Waals surface area (Å²) in [5.74, 6) is -1.51. The summed E-state index contributed by atoms with van der Waals surface area (Å²) in [6.45, 7) is 1.90. The monoisotopic (exact) mass is 290 g/mol. The van der Waals surface area contributed by atoms with Crippen molar-refractivity contribution in [2.24, 2.45) is 0 Å². The molecule has 6 heteroatoms. The standard InChI is InChI=1S/C14H14N2O3S/c1-9(7-10-5-6-20-8-10)15-13(17)11-3-2-4-12(16-11)14(18)19/h2-6,8-9H,7H2,1H3,(H,15,17)(H,18,19). The van der Waals surface area contributed by atoms with Crippen molar-refractivity contribution in [1.29, 1.82) is 0 Å². The van der Waals surface area contributed by atoms with Crippen molar-refractivity contribution in [2.45, 2.75) is 19.4 Å². The lowest BCUT2D eigenvalue weighted by molar-refractivity contribution is 0.0690. The molecule has 20 heavy (non-hydrogen) atoms. The first-order chi connectivity index (χ1) is 9.56. The van der Waals surface area contributed by atoms with E-state index in [2.05, 4.69) is 10.3 Å². The van der Waals surface area contributed by atoms with Crippen molar-refractivity contribution in [3.63, 3.8) is 0 Å². The van der Waals surface area contributed by atoms with Gasteiger partial charge in [-0.15, -0.1) is 0 Å². The van der Waals surface area contributed by atoms with Crippen molar-refractivity contribution >= 4 is 23.2 Å². The third kappa shape index (κ3) is 3.64. The van der Waals surface area contributed by atoms with E-state index in [4.69, 9.17) is 5.11 Å². The molecule has 2 aromatic heterocycles. The number of carboxylic acid groups (broad SMARTS) is 1. The molecule has 5 nitrogen and oxygen atoms in total. The molecule has 0 bridgehead atoms. The maximum Gasteiger partial charge on any atom is 0.354 e. The molecule has 1 amide bonds. The van der Waals surface area contributed by atoms with Gasteiger partial charge in [-0.25, -0.2) is 9.78 Å². The van der Waals surface area contributed by atoms with Crippen LogP contribution in [0.25, 0.3) is 0 Å². The largest absolute Gasteiger partial charge is 0.477 e. The average molecular weight is 290 g/mol. The molecule has 0 spiro atoms. The van der Waals surface area contributed by atoms with Gasteiger partial charge in [-0.2, -0.15) is 11.3 Å². The third-order valence-electron chi connectivity index (χ3n) is 2.70. The molecule has 1 atom stereocenters. The lowest BCUT2D eigenvalue weighted by atomic mass is 10.1. The van der Waals surface area contributed by atoms with Crippen LogP contribution in [0, 0.1) is 0 Å². The lowest BCUT2D eigenvalue weighted by Crippen LogP contribution is -2.34. The lowest BCUT2D eigenvalue weighted by Gasteiger charge is -2.12. The summed E-state index contributed by atoms with van der Waals surface area (Å²) in [6.07, 6.45) is 0.730. The first-order valence-electron chi connectivity index (χ1n) is 6.08. The van der Waals surface area contributed by atoms with Crippen LogP contribution < -0.4 is 5.32 Å². The number of carbonyl (C=O) groups excluding carboxylic acids is 1. The molecule has 0 aromatic carbocycles. The van der Waals surface area contributed by atoms with Crippen LogP contribution in [0.3, 0.4) is 0 Å². The summed E-state index contributed by atoms with van der Waals surface area (Å²) in [7, 11) is 0. The fourth-order valence-corrected chi connectivity index (χ4v) is 2.47. The third-order valence-corrected chi connectivity index (χ3v) is 3.43. The Hall–Kier alpha value is -2.21. The number of aromatic carboxylic acids is 1. The van der Waals surface area contributed by atoms with E-state index >= 15 is 0 Å². The molecule has 2 aromatic rings. The number of aromatic nitrogens is 1. The van der Waals surface area contributed by atoms with Crippen molar-refractivity contribution in [3.8, 4) is 0 Å². The summed E-state index contributed by atoms with van der Waals surface area (Å²) in [4.78, 5) is 26.6. The van der Waals surface area contributed by atoms with Gasteiger partial charge in [0.25, 0.3) is 5.91 Å². The summed E-state index contributed by atoms with van der Waals surface area (Å²) >= 11 is 1.61. The van der Waals surface area contributed by atoms with Gasteiger partial charge in [0.15, 0.2) is 0 Å². The number of carbonyl (C=O) groups is 2. The molecule has 2 rings (SSSR count). The second kappa shape index (κ2) is 6.29. The minimum atomic E-state index is -1.15. The molecule has 0 aliphatic heterocycles. The van der Waals surface area contributed by atoms with E-state index in [1.807, 2.05) is 23.8 Å². The van der Waals surface area contributed by atoms with E-state index in [0.29, 0.717) is 0 Å². The molecule has 1 unspecified atom stereocenters. The normalized spacial score (nSPS) is 11.8. The molecule has 0 aliphatic carbocycles. The van der Waals surface area contributed by atoms with Crippen LogP contribution in [0.15, 0.2) is 35.0 Å². The number of nitrogens with one attached hydrogen (secondary N) is 1. The van der Waals surface area contributed by atoms with Crippen LogP contribution in [0.4, 0.5) is 0 Å². The van der Waals surface area contributed by atoms with E-state index in [1.165, 1.54) is 18.2 Å². The molecule has 2 N–H and O–H groups in total. The van der Waals surface area contributed by atoms with E-state index in [0.717, 1.165) is 12.0 Å². The van der Waals surface area contributed by atoms with Crippen LogP contribution >= 0.6 is 11.3 Å². The molecule has 2 heterocycles. The van der Waals surface area contributed by atoms with Gasteiger partial charge in [0.1, 0.15) is 11.4 Å². The molecule has 0 aliphatic rings. The maximum atomic E-state index is 12.0. The number of pyridine rings is 1. The predicted molar refractivity (Wildman–Crippen MR) is 76.1 cm³/mol. The Kier molecular flexibility index (Phi) is 4.47. The molecule has 0 saturated carbocycles. The molecular formula is C14H14N2O3S. The Bertz CT molecular complexity index is 611.